The Balaban J connectivity index is 2.14. The van der Waals surface area contributed by atoms with Gasteiger partial charge in [0.25, 0.3) is 0 Å². The zero-order chi connectivity index (χ0) is 15.5. The molecule has 2 rings (SSSR count). The fraction of sp³-hybridized carbons (Fsp3) is 0.267. The standard InChI is InChI=1S/C15H15F3N2O/c1-21-14-9-20-7-6-12(14)13(19)8-10-2-4-11(5-3-10)15(16,17)18/h2-7,9,13H,8,19H2,1H3. The highest BCUT2D eigenvalue weighted by molar-refractivity contribution is 5.34. The van der Waals surface area contributed by atoms with E-state index in [1.54, 1.807) is 18.5 Å². The van der Waals surface area contributed by atoms with Crippen molar-refractivity contribution in [1.82, 2.24) is 4.98 Å². The number of halogens is 3. The van der Waals surface area contributed by atoms with Gasteiger partial charge in [-0.25, -0.2) is 0 Å². The van der Waals surface area contributed by atoms with Crippen LogP contribution in [-0.4, -0.2) is 12.1 Å². The van der Waals surface area contributed by atoms with Crippen LogP contribution in [0.2, 0.25) is 0 Å². The highest BCUT2D eigenvalue weighted by Gasteiger charge is 2.30. The molecule has 0 radical (unpaired) electrons. The fourth-order valence-electron chi connectivity index (χ4n) is 2.06. The van der Waals surface area contributed by atoms with Gasteiger partial charge in [-0.1, -0.05) is 12.1 Å². The molecule has 0 aliphatic rings. The number of ether oxygens (including phenoxy) is 1. The average Bonchev–Trinajstić information content (AvgIpc) is 2.46. The summed E-state index contributed by atoms with van der Waals surface area (Å²) in [6, 6.07) is 6.37. The summed E-state index contributed by atoms with van der Waals surface area (Å²) in [5.41, 5.74) is 6.93. The van der Waals surface area contributed by atoms with Crippen LogP contribution in [0.3, 0.4) is 0 Å². The first-order chi connectivity index (χ1) is 9.91. The predicted molar refractivity (Wildman–Crippen MR) is 72.9 cm³/mol. The lowest BCUT2D eigenvalue weighted by Gasteiger charge is -2.15. The number of nitrogens with two attached hydrogens (primary N) is 1. The summed E-state index contributed by atoms with van der Waals surface area (Å²) in [6.07, 6.45) is -0.750. The minimum Gasteiger partial charge on any atom is -0.495 e. The molecular formula is C15H15F3N2O. The Hall–Kier alpha value is -2.08. The van der Waals surface area contributed by atoms with Crippen LogP contribution in [0.4, 0.5) is 13.2 Å². The highest BCUT2D eigenvalue weighted by atomic mass is 19.4. The van der Waals surface area contributed by atoms with Crippen molar-refractivity contribution in [3.05, 3.63) is 59.4 Å². The minimum atomic E-state index is -4.32. The first-order valence-electron chi connectivity index (χ1n) is 6.31. The third kappa shape index (κ3) is 3.72. The van der Waals surface area contributed by atoms with Crippen molar-refractivity contribution < 1.29 is 17.9 Å². The Morgan fingerprint density at radius 1 is 1.19 bits per heavy atom. The van der Waals surface area contributed by atoms with Crippen LogP contribution in [0.1, 0.15) is 22.7 Å². The van der Waals surface area contributed by atoms with Crippen LogP contribution in [0, 0.1) is 0 Å². The van der Waals surface area contributed by atoms with Crippen LogP contribution in [0.5, 0.6) is 5.75 Å². The van der Waals surface area contributed by atoms with Gasteiger partial charge in [0, 0.05) is 17.8 Å². The van der Waals surface area contributed by atoms with Gasteiger partial charge in [-0.15, -0.1) is 0 Å². The number of hydrogen-bond donors (Lipinski definition) is 1. The van der Waals surface area contributed by atoms with Crippen molar-refractivity contribution in [3.8, 4) is 5.75 Å². The van der Waals surface area contributed by atoms with E-state index in [2.05, 4.69) is 4.98 Å². The van der Waals surface area contributed by atoms with E-state index in [4.69, 9.17) is 10.5 Å². The normalized spacial score (nSPS) is 13.0. The summed E-state index contributed by atoms with van der Waals surface area (Å²) in [7, 11) is 1.52. The van der Waals surface area contributed by atoms with Crippen molar-refractivity contribution in [2.24, 2.45) is 5.73 Å². The summed E-state index contributed by atoms with van der Waals surface area (Å²) >= 11 is 0. The van der Waals surface area contributed by atoms with Crippen molar-refractivity contribution in [1.29, 1.82) is 0 Å². The van der Waals surface area contributed by atoms with Gasteiger partial charge in [0.15, 0.2) is 0 Å². The summed E-state index contributed by atoms with van der Waals surface area (Å²) in [6.45, 7) is 0. The quantitative estimate of drug-likeness (QED) is 0.941. The van der Waals surface area contributed by atoms with Crippen molar-refractivity contribution in [2.45, 2.75) is 18.6 Å². The number of pyridine rings is 1. The molecule has 1 unspecified atom stereocenters. The van der Waals surface area contributed by atoms with E-state index in [0.717, 1.165) is 23.3 Å². The Morgan fingerprint density at radius 3 is 2.43 bits per heavy atom. The molecule has 0 bridgehead atoms. The largest absolute Gasteiger partial charge is 0.495 e. The first-order valence-corrected chi connectivity index (χ1v) is 6.31. The lowest BCUT2D eigenvalue weighted by atomic mass is 9.99. The van der Waals surface area contributed by atoms with Gasteiger partial charge in [-0.05, 0) is 30.2 Å². The molecule has 0 aliphatic heterocycles. The monoisotopic (exact) mass is 296 g/mol. The molecule has 3 nitrogen and oxygen atoms in total. The Morgan fingerprint density at radius 2 is 1.86 bits per heavy atom. The number of benzene rings is 1. The maximum atomic E-state index is 12.5. The van der Waals surface area contributed by atoms with Gasteiger partial charge < -0.3 is 10.5 Å². The second-order valence-corrected chi connectivity index (χ2v) is 4.62. The zero-order valence-corrected chi connectivity index (χ0v) is 11.4. The lowest BCUT2D eigenvalue weighted by molar-refractivity contribution is -0.137. The van der Waals surface area contributed by atoms with E-state index >= 15 is 0 Å². The van der Waals surface area contributed by atoms with Crippen LogP contribution in [0.15, 0.2) is 42.7 Å². The molecule has 0 spiro atoms. The van der Waals surface area contributed by atoms with E-state index < -0.39 is 11.7 Å². The maximum Gasteiger partial charge on any atom is 0.416 e. The number of nitrogens with zero attached hydrogens (tertiary/aromatic N) is 1. The Bertz CT molecular complexity index is 597. The molecule has 1 atom stereocenters. The molecule has 0 fully saturated rings. The van der Waals surface area contributed by atoms with Gasteiger partial charge in [-0.2, -0.15) is 13.2 Å². The van der Waals surface area contributed by atoms with Gasteiger partial charge in [0.05, 0.1) is 18.9 Å². The number of aromatic nitrogens is 1. The van der Waals surface area contributed by atoms with Crippen LogP contribution >= 0.6 is 0 Å². The molecular weight excluding hydrogens is 281 g/mol. The highest BCUT2D eigenvalue weighted by Crippen LogP contribution is 2.30. The van der Waals surface area contributed by atoms with Crippen LogP contribution < -0.4 is 10.5 Å². The van der Waals surface area contributed by atoms with Crippen molar-refractivity contribution >= 4 is 0 Å². The third-order valence-electron chi connectivity index (χ3n) is 3.17. The van der Waals surface area contributed by atoms with Gasteiger partial charge in [0.1, 0.15) is 5.75 Å². The van der Waals surface area contributed by atoms with Crippen molar-refractivity contribution in [2.75, 3.05) is 7.11 Å². The van der Waals surface area contributed by atoms with Crippen LogP contribution in [0.25, 0.3) is 0 Å². The number of methoxy groups -OCH3 is 1. The molecule has 0 aliphatic carbocycles. The van der Waals surface area contributed by atoms with Gasteiger partial charge in [-0.3, -0.25) is 4.98 Å². The molecule has 1 aromatic carbocycles. The van der Waals surface area contributed by atoms with Crippen molar-refractivity contribution in [3.63, 3.8) is 0 Å². The van der Waals surface area contributed by atoms with Gasteiger partial charge in [0.2, 0.25) is 0 Å². The molecule has 0 amide bonds. The lowest BCUT2D eigenvalue weighted by Crippen LogP contribution is -2.15. The fourth-order valence-corrected chi connectivity index (χ4v) is 2.06. The molecule has 6 heteroatoms. The maximum absolute atomic E-state index is 12.5. The van der Waals surface area contributed by atoms with E-state index in [1.165, 1.54) is 19.2 Å². The van der Waals surface area contributed by atoms with E-state index in [0.29, 0.717) is 12.2 Å². The number of alkyl halides is 3. The Labute approximate surface area is 120 Å². The van der Waals surface area contributed by atoms with E-state index in [1.807, 2.05) is 0 Å². The summed E-state index contributed by atoms with van der Waals surface area (Å²) < 4.78 is 42.7. The number of rotatable bonds is 4. The molecule has 112 valence electrons. The first kappa shape index (κ1) is 15.3. The summed E-state index contributed by atoms with van der Waals surface area (Å²) in [5, 5.41) is 0. The summed E-state index contributed by atoms with van der Waals surface area (Å²) in [4.78, 5) is 3.94. The predicted octanol–water partition coefficient (Wildman–Crippen LogP) is 3.35. The molecule has 2 aromatic rings. The molecule has 0 saturated carbocycles. The Kier molecular flexibility index (Phi) is 4.47. The van der Waals surface area contributed by atoms with Gasteiger partial charge >= 0.3 is 6.18 Å². The van der Waals surface area contributed by atoms with Crippen LogP contribution in [-0.2, 0) is 12.6 Å². The average molecular weight is 296 g/mol. The second kappa shape index (κ2) is 6.13. The topological polar surface area (TPSA) is 48.1 Å². The van der Waals surface area contributed by atoms with E-state index in [9.17, 15) is 13.2 Å². The SMILES string of the molecule is COc1cnccc1C(N)Cc1ccc(C(F)(F)F)cc1. The summed E-state index contributed by atoms with van der Waals surface area (Å²) in [5.74, 6) is 0.567. The smallest absolute Gasteiger partial charge is 0.416 e. The molecule has 21 heavy (non-hydrogen) atoms. The minimum absolute atomic E-state index is 0.375. The third-order valence-corrected chi connectivity index (χ3v) is 3.17. The molecule has 1 aromatic heterocycles. The second-order valence-electron chi connectivity index (χ2n) is 4.62. The molecule has 1 heterocycles. The molecule has 0 saturated heterocycles. The van der Waals surface area contributed by atoms with E-state index in [-0.39, 0.29) is 6.04 Å². The zero-order valence-electron chi connectivity index (χ0n) is 11.4. The molecule has 2 N–H and O–H groups in total. The number of hydrogen-bond acceptors (Lipinski definition) is 3.